The predicted molar refractivity (Wildman–Crippen MR) is 188 cm³/mol. The number of aliphatic hydroxyl groups is 3. The molecular formula is C38H51N3O7. The van der Waals surface area contributed by atoms with Gasteiger partial charge in [0, 0.05) is 12.0 Å². The molecule has 0 radical (unpaired) electrons. The molecule has 10 nitrogen and oxygen atoms in total. The molecule has 3 rings (SSSR count). The van der Waals surface area contributed by atoms with Crippen molar-refractivity contribution < 1.29 is 34.4 Å². The molecule has 0 aliphatic rings. The Morgan fingerprint density at radius 2 is 1.60 bits per heavy atom. The molecule has 0 spiro atoms. The summed E-state index contributed by atoms with van der Waals surface area (Å²) < 4.78 is 5.63. The Morgan fingerprint density at radius 1 is 0.896 bits per heavy atom. The Bertz CT molecular complexity index is 1510. The molecule has 0 fully saturated rings. The van der Waals surface area contributed by atoms with Gasteiger partial charge in [-0.1, -0.05) is 100 Å². The largest absolute Gasteiger partial charge is 0.457 e. The summed E-state index contributed by atoms with van der Waals surface area (Å²) in [5.41, 5.74) is 2.06. The summed E-state index contributed by atoms with van der Waals surface area (Å²) >= 11 is 0. The van der Waals surface area contributed by atoms with Gasteiger partial charge >= 0.3 is 5.97 Å². The van der Waals surface area contributed by atoms with Crippen LogP contribution in [-0.2, 0) is 20.9 Å². The second kappa shape index (κ2) is 19.5. The number of nitrogens with one attached hydrogen (secondary N) is 3. The summed E-state index contributed by atoms with van der Waals surface area (Å²) in [4.78, 5) is 40.6. The number of esters is 1. The molecule has 0 heterocycles. The average molecular weight is 662 g/mol. The normalized spacial score (nSPS) is 14.2. The van der Waals surface area contributed by atoms with E-state index in [0.29, 0.717) is 30.5 Å². The lowest BCUT2D eigenvalue weighted by molar-refractivity contribution is -0.130. The Kier molecular flexibility index (Phi) is 15.6. The first-order valence-electron chi connectivity index (χ1n) is 16.8. The first-order valence-corrected chi connectivity index (χ1v) is 16.8. The molecule has 1 unspecified atom stereocenters. The fraction of sp³-hybridized carbons (Fsp3) is 0.447. The molecule has 3 aromatic rings. The second-order valence-electron chi connectivity index (χ2n) is 12.5. The predicted octanol–water partition coefficient (Wildman–Crippen LogP) is 4.87. The van der Waals surface area contributed by atoms with Crippen molar-refractivity contribution in [2.75, 3.05) is 18.5 Å². The number of hydrogen-bond acceptors (Lipinski definition) is 8. The van der Waals surface area contributed by atoms with Crippen LogP contribution >= 0.6 is 0 Å². The van der Waals surface area contributed by atoms with Crippen molar-refractivity contribution in [1.29, 1.82) is 0 Å². The van der Waals surface area contributed by atoms with Crippen molar-refractivity contribution in [3.05, 3.63) is 89.5 Å². The maximum atomic E-state index is 13.6. The van der Waals surface area contributed by atoms with Crippen molar-refractivity contribution >= 4 is 34.2 Å². The molecular weight excluding hydrogens is 610 g/mol. The number of amides is 2. The standard InChI is InChI=1S/C38H51N3O7/c1-5-6-16-32(37(46)41-33(21-25(2)3)34(44)22-28(23-43)19-20-42)40-36(45)26(4)39-35-30-15-11-10-14-29(30)17-18-31(35)38(47)48-24-27-12-8-7-9-13-27/h7-15,17-18,22,25-26,32-34,39,42-44H,5-6,16,19-21,23-24H2,1-4H3,(H,40,45)(H,41,46)/b28-22+/t26?,32-,33-,34-/m0/s1. The number of carbonyl (C=O) groups is 3. The molecule has 48 heavy (non-hydrogen) atoms. The van der Waals surface area contributed by atoms with Gasteiger partial charge in [-0.05, 0) is 54.7 Å². The topological polar surface area (TPSA) is 157 Å². The average Bonchev–Trinajstić information content (AvgIpc) is 3.08. The quantitative estimate of drug-likeness (QED) is 0.0786. The number of rotatable bonds is 19. The molecule has 0 bridgehead atoms. The van der Waals surface area contributed by atoms with Crippen molar-refractivity contribution in [2.45, 2.75) is 90.6 Å². The molecule has 10 heteroatoms. The van der Waals surface area contributed by atoms with Gasteiger partial charge in [-0.3, -0.25) is 9.59 Å². The first kappa shape index (κ1) is 38.2. The van der Waals surface area contributed by atoms with E-state index in [1.807, 2.05) is 81.4 Å². The maximum absolute atomic E-state index is 13.6. The molecule has 0 aliphatic carbocycles. The molecule has 3 aromatic carbocycles. The highest BCUT2D eigenvalue weighted by Crippen LogP contribution is 2.29. The highest BCUT2D eigenvalue weighted by molar-refractivity contribution is 6.07. The van der Waals surface area contributed by atoms with Gasteiger partial charge in [-0.25, -0.2) is 4.79 Å². The molecule has 2 amide bonds. The van der Waals surface area contributed by atoms with Crippen molar-refractivity contribution in [2.24, 2.45) is 5.92 Å². The third-order valence-corrected chi connectivity index (χ3v) is 8.10. The molecule has 4 atom stereocenters. The van der Waals surface area contributed by atoms with Gasteiger partial charge in [-0.15, -0.1) is 0 Å². The third-order valence-electron chi connectivity index (χ3n) is 8.10. The van der Waals surface area contributed by atoms with Crippen molar-refractivity contribution in [3.63, 3.8) is 0 Å². The fourth-order valence-electron chi connectivity index (χ4n) is 5.45. The summed E-state index contributed by atoms with van der Waals surface area (Å²) in [6.45, 7) is 7.21. The Balaban J connectivity index is 1.80. The van der Waals surface area contributed by atoms with E-state index in [4.69, 9.17) is 4.74 Å². The van der Waals surface area contributed by atoms with E-state index in [0.717, 1.165) is 22.8 Å². The fourth-order valence-corrected chi connectivity index (χ4v) is 5.45. The van der Waals surface area contributed by atoms with Crippen molar-refractivity contribution in [1.82, 2.24) is 10.6 Å². The van der Waals surface area contributed by atoms with Crippen LogP contribution in [0.15, 0.2) is 78.4 Å². The molecule has 0 saturated carbocycles. The Labute approximate surface area is 283 Å². The lowest BCUT2D eigenvalue weighted by atomic mass is 9.96. The van der Waals surface area contributed by atoms with Crippen LogP contribution in [0.5, 0.6) is 0 Å². The van der Waals surface area contributed by atoms with Crippen LogP contribution in [0.25, 0.3) is 10.8 Å². The van der Waals surface area contributed by atoms with Crippen LogP contribution in [0.1, 0.15) is 75.7 Å². The number of carbonyl (C=O) groups excluding carboxylic acids is 3. The number of fused-ring (bicyclic) bond motifs is 1. The number of aliphatic hydroxyl groups excluding tert-OH is 3. The molecule has 0 aromatic heterocycles. The van der Waals surface area contributed by atoms with Gasteiger partial charge in [-0.2, -0.15) is 0 Å². The lowest BCUT2D eigenvalue weighted by Gasteiger charge is -2.28. The van der Waals surface area contributed by atoms with Crippen LogP contribution < -0.4 is 16.0 Å². The summed E-state index contributed by atoms with van der Waals surface area (Å²) in [5.74, 6) is -1.26. The number of hydrogen-bond donors (Lipinski definition) is 6. The minimum atomic E-state index is -1.10. The van der Waals surface area contributed by atoms with E-state index in [-0.39, 0.29) is 37.7 Å². The smallest absolute Gasteiger partial charge is 0.340 e. The van der Waals surface area contributed by atoms with Gasteiger partial charge < -0.3 is 36.0 Å². The lowest BCUT2D eigenvalue weighted by Crippen LogP contribution is -2.54. The van der Waals surface area contributed by atoms with E-state index in [1.165, 1.54) is 6.08 Å². The zero-order valence-corrected chi connectivity index (χ0v) is 28.4. The molecule has 0 aliphatic heterocycles. The summed E-state index contributed by atoms with van der Waals surface area (Å²) in [5, 5.41) is 40.5. The van der Waals surface area contributed by atoms with Gasteiger partial charge in [0.1, 0.15) is 18.7 Å². The minimum absolute atomic E-state index is 0.0985. The first-order chi connectivity index (χ1) is 23.1. The highest BCUT2D eigenvalue weighted by Gasteiger charge is 2.29. The number of ether oxygens (including phenoxy) is 1. The van der Waals surface area contributed by atoms with Crippen LogP contribution in [0.2, 0.25) is 0 Å². The number of benzene rings is 3. The van der Waals surface area contributed by atoms with Crippen LogP contribution in [0, 0.1) is 5.92 Å². The van der Waals surface area contributed by atoms with Gasteiger partial charge in [0.25, 0.3) is 0 Å². The zero-order valence-electron chi connectivity index (χ0n) is 28.4. The number of unbranched alkanes of at least 4 members (excludes halogenated alkanes) is 1. The van der Waals surface area contributed by atoms with E-state index in [1.54, 1.807) is 13.0 Å². The molecule has 6 N–H and O–H groups in total. The van der Waals surface area contributed by atoms with E-state index < -0.39 is 42.0 Å². The maximum Gasteiger partial charge on any atom is 0.340 e. The van der Waals surface area contributed by atoms with Crippen LogP contribution in [0.4, 0.5) is 5.69 Å². The van der Waals surface area contributed by atoms with Crippen LogP contribution in [-0.4, -0.2) is 70.5 Å². The summed E-state index contributed by atoms with van der Waals surface area (Å²) in [6.07, 6.45) is 2.92. The number of anilines is 1. The SMILES string of the molecule is CCCC[C@H](NC(=O)C(C)Nc1c(C(=O)OCc2ccccc2)ccc2ccccc12)C(=O)N[C@@H](CC(C)C)[C@@H](O)/C=C(/CO)CCO. The third kappa shape index (κ3) is 11.5. The second-order valence-corrected chi connectivity index (χ2v) is 12.5. The van der Waals surface area contributed by atoms with Crippen molar-refractivity contribution in [3.8, 4) is 0 Å². The monoisotopic (exact) mass is 661 g/mol. The van der Waals surface area contributed by atoms with Gasteiger partial charge in [0.15, 0.2) is 0 Å². The van der Waals surface area contributed by atoms with E-state index >= 15 is 0 Å². The van der Waals surface area contributed by atoms with E-state index in [9.17, 15) is 29.7 Å². The summed E-state index contributed by atoms with van der Waals surface area (Å²) in [6, 6.07) is 18.0. The van der Waals surface area contributed by atoms with E-state index in [2.05, 4.69) is 16.0 Å². The Hall–Kier alpha value is -4.25. The molecule has 260 valence electrons. The summed E-state index contributed by atoms with van der Waals surface area (Å²) in [7, 11) is 0. The van der Waals surface area contributed by atoms with Gasteiger partial charge in [0.2, 0.25) is 11.8 Å². The molecule has 0 saturated heterocycles. The zero-order chi connectivity index (χ0) is 35.1. The van der Waals surface area contributed by atoms with Crippen LogP contribution in [0.3, 0.4) is 0 Å². The minimum Gasteiger partial charge on any atom is -0.457 e. The van der Waals surface area contributed by atoms with Gasteiger partial charge in [0.05, 0.1) is 30.0 Å². The highest BCUT2D eigenvalue weighted by atomic mass is 16.5. The Morgan fingerprint density at radius 3 is 2.27 bits per heavy atom.